The van der Waals surface area contributed by atoms with E-state index in [-0.39, 0.29) is 12.5 Å². The van der Waals surface area contributed by atoms with Gasteiger partial charge in [0.1, 0.15) is 12.3 Å². The van der Waals surface area contributed by atoms with Crippen LogP contribution >= 0.6 is 0 Å². The zero-order valence-electron chi connectivity index (χ0n) is 14.0. The second-order valence-corrected chi connectivity index (χ2v) is 7.12. The fraction of sp³-hybridized carbons (Fsp3) is 0.471. The Kier molecular flexibility index (Phi) is 3.74. The Morgan fingerprint density at radius 2 is 2.04 bits per heavy atom. The number of benzene rings is 1. The fourth-order valence-corrected chi connectivity index (χ4v) is 3.12. The van der Waals surface area contributed by atoms with Crippen molar-refractivity contribution >= 4 is 17.8 Å². The Morgan fingerprint density at radius 3 is 2.75 bits per heavy atom. The molecular formula is C17H21N3O4. The van der Waals surface area contributed by atoms with Gasteiger partial charge in [0.25, 0.3) is 5.91 Å². The number of hydrogen-bond donors (Lipinski definition) is 2. The molecule has 1 aromatic carbocycles. The Labute approximate surface area is 140 Å². The first-order valence-electron chi connectivity index (χ1n) is 7.90. The van der Waals surface area contributed by atoms with E-state index in [1.165, 1.54) is 0 Å². The summed E-state index contributed by atoms with van der Waals surface area (Å²) in [5, 5.41) is 5.53. The third kappa shape index (κ3) is 2.70. The number of carbonyl (C=O) groups excluding carboxylic acids is 3. The maximum Gasteiger partial charge on any atom is 0.325 e. The summed E-state index contributed by atoms with van der Waals surface area (Å²) >= 11 is 0. The molecule has 1 atom stereocenters. The minimum Gasteiger partial charge on any atom is -0.493 e. The molecule has 24 heavy (non-hydrogen) atoms. The molecule has 1 fully saturated rings. The summed E-state index contributed by atoms with van der Waals surface area (Å²) in [5.41, 5.74) is -0.943. The van der Waals surface area contributed by atoms with Gasteiger partial charge in [-0.05, 0) is 26.8 Å². The van der Waals surface area contributed by atoms with Crippen LogP contribution < -0.4 is 15.4 Å². The van der Waals surface area contributed by atoms with Crippen molar-refractivity contribution in [2.75, 3.05) is 13.2 Å². The summed E-state index contributed by atoms with van der Waals surface area (Å²) in [6.45, 7) is 5.55. The maximum atomic E-state index is 13.0. The maximum absolute atomic E-state index is 13.0. The van der Waals surface area contributed by atoms with Gasteiger partial charge in [0.2, 0.25) is 5.91 Å². The van der Waals surface area contributed by atoms with Crippen molar-refractivity contribution in [1.82, 2.24) is 15.5 Å². The van der Waals surface area contributed by atoms with Gasteiger partial charge >= 0.3 is 6.03 Å². The topological polar surface area (TPSA) is 87.7 Å². The highest BCUT2D eigenvalue weighted by Crippen LogP contribution is 2.40. The predicted molar refractivity (Wildman–Crippen MR) is 86.4 cm³/mol. The van der Waals surface area contributed by atoms with Crippen LogP contribution in [0.15, 0.2) is 24.3 Å². The van der Waals surface area contributed by atoms with Gasteiger partial charge in [-0.3, -0.25) is 14.5 Å². The number of carbonyl (C=O) groups is 3. The van der Waals surface area contributed by atoms with Crippen LogP contribution in [0.4, 0.5) is 4.79 Å². The van der Waals surface area contributed by atoms with E-state index in [1.54, 1.807) is 18.2 Å². The molecule has 0 unspecified atom stereocenters. The molecular weight excluding hydrogens is 310 g/mol. The van der Waals surface area contributed by atoms with Crippen LogP contribution in [0.1, 0.15) is 32.8 Å². The lowest BCUT2D eigenvalue weighted by atomic mass is 9.84. The summed E-state index contributed by atoms with van der Waals surface area (Å²) in [5.74, 6) is -0.200. The van der Waals surface area contributed by atoms with E-state index in [1.807, 2.05) is 26.8 Å². The molecule has 0 aliphatic carbocycles. The molecule has 128 valence electrons. The Morgan fingerprint density at radius 1 is 1.33 bits per heavy atom. The highest BCUT2D eigenvalue weighted by Gasteiger charge is 2.55. The smallest absolute Gasteiger partial charge is 0.325 e. The average molecular weight is 331 g/mol. The lowest BCUT2D eigenvalue weighted by Crippen LogP contribution is -2.49. The van der Waals surface area contributed by atoms with Crippen LogP contribution in [-0.4, -0.2) is 41.4 Å². The first-order chi connectivity index (χ1) is 11.2. The second-order valence-electron chi connectivity index (χ2n) is 7.12. The zero-order chi connectivity index (χ0) is 17.5. The molecule has 2 N–H and O–H groups in total. The Hall–Kier alpha value is -2.57. The monoisotopic (exact) mass is 331 g/mol. The molecule has 2 heterocycles. The molecule has 0 bridgehead atoms. The largest absolute Gasteiger partial charge is 0.493 e. The molecule has 0 radical (unpaired) electrons. The first-order valence-corrected chi connectivity index (χ1v) is 7.90. The van der Waals surface area contributed by atoms with Gasteiger partial charge in [-0.25, -0.2) is 4.79 Å². The van der Waals surface area contributed by atoms with Crippen molar-refractivity contribution in [2.45, 2.75) is 38.3 Å². The molecule has 1 spiro atoms. The van der Waals surface area contributed by atoms with Crippen LogP contribution in [0, 0.1) is 0 Å². The number of ether oxygens (including phenoxy) is 1. The number of amides is 4. The molecule has 7 nitrogen and oxygen atoms in total. The van der Waals surface area contributed by atoms with Gasteiger partial charge in [0.05, 0.1) is 6.61 Å². The number of para-hydroxylation sites is 1. The lowest BCUT2D eigenvalue weighted by molar-refractivity contribution is -0.136. The van der Waals surface area contributed by atoms with E-state index in [2.05, 4.69) is 10.6 Å². The zero-order valence-corrected chi connectivity index (χ0v) is 14.0. The number of imide groups is 1. The predicted octanol–water partition coefficient (Wildman–Crippen LogP) is 1.13. The number of hydrogen-bond acceptors (Lipinski definition) is 4. The first kappa shape index (κ1) is 16.3. The summed E-state index contributed by atoms with van der Waals surface area (Å²) in [6.07, 6.45) is 0.339. The van der Waals surface area contributed by atoms with Crippen LogP contribution in [0.5, 0.6) is 5.75 Å². The molecule has 4 amide bonds. The number of rotatable bonds is 2. The van der Waals surface area contributed by atoms with Gasteiger partial charge in [-0.15, -0.1) is 0 Å². The number of fused-ring (bicyclic) bond motifs is 2. The van der Waals surface area contributed by atoms with Crippen molar-refractivity contribution in [3.05, 3.63) is 29.8 Å². The van der Waals surface area contributed by atoms with Crippen LogP contribution in [0.25, 0.3) is 0 Å². The van der Waals surface area contributed by atoms with Crippen molar-refractivity contribution < 1.29 is 19.1 Å². The molecule has 2 aliphatic heterocycles. The average Bonchev–Trinajstić information content (AvgIpc) is 2.71. The number of nitrogens with zero attached hydrogens (tertiary/aromatic N) is 1. The Bertz CT molecular complexity index is 710. The highest BCUT2D eigenvalue weighted by atomic mass is 16.5. The van der Waals surface area contributed by atoms with E-state index >= 15 is 0 Å². The second kappa shape index (κ2) is 5.51. The van der Waals surface area contributed by atoms with E-state index in [9.17, 15) is 14.4 Å². The van der Waals surface area contributed by atoms with E-state index in [4.69, 9.17) is 4.74 Å². The summed E-state index contributed by atoms with van der Waals surface area (Å²) in [4.78, 5) is 38.4. The van der Waals surface area contributed by atoms with E-state index in [0.29, 0.717) is 24.3 Å². The van der Waals surface area contributed by atoms with Gasteiger partial charge < -0.3 is 15.4 Å². The van der Waals surface area contributed by atoms with Crippen molar-refractivity contribution in [3.63, 3.8) is 0 Å². The minimum atomic E-state index is -1.14. The van der Waals surface area contributed by atoms with Crippen LogP contribution in [0.2, 0.25) is 0 Å². The third-order valence-corrected chi connectivity index (χ3v) is 4.07. The Balaban J connectivity index is 1.87. The number of urea groups is 1. The summed E-state index contributed by atoms with van der Waals surface area (Å²) < 4.78 is 5.57. The summed E-state index contributed by atoms with van der Waals surface area (Å²) in [7, 11) is 0. The molecule has 1 aromatic rings. The van der Waals surface area contributed by atoms with Gasteiger partial charge in [-0.1, -0.05) is 18.2 Å². The quantitative estimate of drug-likeness (QED) is 0.795. The molecule has 1 saturated heterocycles. The highest BCUT2D eigenvalue weighted by molar-refractivity contribution is 6.09. The molecule has 0 aromatic heterocycles. The van der Waals surface area contributed by atoms with E-state index < -0.39 is 23.0 Å². The SMILES string of the molecule is CC(C)(C)NC(=O)CN1C(=O)N[C@@]2(CCOc3ccccc32)C1=O. The van der Waals surface area contributed by atoms with Crippen molar-refractivity contribution in [3.8, 4) is 5.75 Å². The van der Waals surface area contributed by atoms with Gasteiger partial charge in [0, 0.05) is 17.5 Å². The summed E-state index contributed by atoms with van der Waals surface area (Å²) in [6, 6.07) is 6.59. The lowest BCUT2D eigenvalue weighted by Gasteiger charge is -2.33. The van der Waals surface area contributed by atoms with Crippen LogP contribution in [0.3, 0.4) is 0 Å². The van der Waals surface area contributed by atoms with Crippen molar-refractivity contribution in [1.29, 1.82) is 0 Å². The molecule has 3 rings (SSSR count). The van der Waals surface area contributed by atoms with E-state index in [0.717, 1.165) is 4.90 Å². The standard InChI is InChI=1S/C17H21N3O4/c1-16(2,3)18-13(21)10-20-14(22)17(19-15(20)23)8-9-24-12-7-5-4-6-11(12)17/h4-7H,8-10H2,1-3H3,(H,18,21)(H,19,23)/t17-/m1/s1. The minimum absolute atomic E-state index is 0.299. The fourth-order valence-electron chi connectivity index (χ4n) is 3.12. The van der Waals surface area contributed by atoms with Gasteiger partial charge in [-0.2, -0.15) is 0 Å². The normalized spacial score (nSPS) is 22.9. The molecule has 0 saturated carbocycles. The molecule has 2 aliphatic rings. The van der Waals surface area contributed by atoms with Crippen LogP contribution in [-0.2, 0) is 15.1 Å². The third-order valence-electron chi connectivity index (χ3n) is 4.07. The molecule has 7 heteroatoms. The van der Waals surface area contributed by atoms with Crippen molar-refractivity contribution in [2.24, 2.45) is 0 Å². The number of nitrogens with one attached hydrogen (secondary N) is 2. The van der Waals surface area contributed by atoms with Gasteiger partial charge in [0.15, 0.2) is 5.54 Å².